The molecule has 2 aromatic carbocycles. The Morgan fingerprint density at radius 3 is 2.57 bits per heavy atom. The van der Waals surface area contributed by atoms with Gasteiger partial charge in [-0.05, 0) is 24.3 Å². The van der Waals surface area contributed by atoms with E-state index in [2.05, 4.69) is 10.3 Å². The van der Waals surface area contributed by atoms with Crippen molar-refractivity contribution < 1.29 is 32.1 Å². The number of para-hydroxylation sites is 1. The predicted octanol–water partition coefficient (Wildman–Crippen LogP) is 2.79. The lowest BCUT2D eigenvalue weighted by atomic mass is 10.2. The maximum atomic E-state index is 12.7. The summed E-state index contributed by atoms with van der Waals surface area (Å²) in [6.07, 6.45) is 1.02. The Kier molecular flexibility index (Phi) is 6.40. The fraction of sp³-hybridized carbons (Fsp3) is 0.0476. The highest BCUT2D eigenvalue weighted by atomic mass is 32.2. The van der Waals surface area contributed by atoms with Crippen LogP contribution in [0.5, 0.6) is 0 Å². The molecule has 0 unspecified atom stereocenters. The number of rotatable bonds is 7. The summed E-state index contributed by atoms with van der Waals surface area (Å²) in [6.45, 7) is -0.769. The number of fused-ring (bicyclic) bond motifs is 1. The first-order valence-corrected chi connectivity index (χ1v) is 11.9. The zero-order valence-electron chi connectivity index (χ0n) is 17.4. The number of sulfone groups is 1. The van der Waals surface area contributed by atoms with Crippen molar-refractivity contribution in [2.45, 2.75) is 9.10 Å². The summed E-state index contributed by atoms with van der Waals surface area (Å²) >= 11 is 0.638. The second-order valence-corrected chi connectivity index (χ2v) is 10.1. The molecule has 178 valence electrons. The van der Waals surface area contributed by atoms with Gasteiger partial charge in [-0.15, -0.1) is 0 Å². The molecule has 4 aromatic rings. The van der Waals surface area contributed by atoms with Crippen molar-refractivity contribution in [2.75, 3.05) is 11.9 Å². The molecule has 1 N–H and O–H groups in total. The number of thiazole rings is 1. The summed E-state index contributed by atoms with van der Waals surface area (Å²) in [5, 5.41) is 13.4. The molecule has 0 bridgehead atoms. The zero-order valence-corrected chi connectivity index (χ0v) is 19.0. The molecule has 0 atom stereocenters. The van der Waals surface area contributed by atoms with E-state index in [9.17, 15) is 32.9 Å². The van der Waals surface area contributed by atoms with Crippen LogP contribution in [0.15, 0.2) is 79.1 Å². The Bertz CT molecular complexity index is 1620. The minimum atomic E-state index is -4.03. The highest BCUT2D eigenvalue weighted by Gasteiger charge is 2.23. The second-order valence-electron chi connectivity index (χ2n) is 6.85. The monoisotopic (exact) mass is 515 g/mol. The van der Waals surface area contributed by atoms with Gasteiger partial charge in [0.05, 0.1) is 16.0 Å². The van der Waals surface area contributed by atoms with Crippen LogP contribution in [0.25, 0.3) is 11.0 Å². The van der Waals surface area contributed by atoms with Gasteiger partial charge in [-0.2, -0.15) is 0 Å². The van der Waals surface area contributed by atoms with Crippen LogP contribution in [0.4, 0.5) is 10.8 Å². The van der Waals surface area contributed by atoms with Crippen molar-refractivity contribution in [1.82, 2.24) is 4.98 Å². The number of anilines is 1. The molecule has 0 aliphatic rings. The van der Waals surface area contributed by atoms with Crippen molar-refractivity contribution in [1.29, 1.82) is 0 Å². The quantitative estimate of drug-likeness (QED) is 0.167. The third kappa shape index (κ3) is 5.07. The van der Waals surface area contributed by atoms with Crippen LogP contribution >= 0.6 is 11.3 Å². The average molecular weight is 515 g/mol. The Balaban J connectivity index is 1.40. The number of carbonyl (C=O) groups excluding carboxylic acids is 2. The first kappa shape index (κ1) is 23.7. The smallest absolute Gasteiger partial charge is 0.351 e. The Morgan fingerprint density at radius 2 is 1.86 bits per heavy atom. The van der Waals surface area contributed by atoms with Gasteiger partial charge in [-0.3, -0.25) is 20.2 Å². The molecule has 0 radical (unpaired) electrons. The number of nitrogens with zero attached hydrogens (tertiary/aromatic N) is 2. The van der Waals surface area contributed by atoms with E-state index in [1.54, 1.807) is 24.3 Å². The molecule has 12 nitrogen and oxygen atoms in total. The predicted molar refractivity (Wildman–Crippen MR) is 122 cm³/mol. The Hall–Kier alpha value is -4.43. The molecule has 0 fully saturated rings. The molecular weight excluding hydrogens is 502 g/mol. The summed E-state index contributed by atoms with van der Waals surface area (Å²) in [5.41, 5.74) is -1.29. The van der Waals surface area contributed by atoms with Crippen molar-refractivity contribution in [3.63, 3.8) is 0 Å². The number of amides is 1. The van der Waals surface area contributed by atoms with Crippen molar-refractivity contribution in [3.05, 3.63) is 86.9 Å². The van der Waals surface area contributed by atoms with Crippen LogP contribution in [-0.2, 0) is 19.4 Å². The van der Waals surface area contributed by atoms with Gasteiger partial charge in [0.1, 0.15) is 15.4 Å². The van der Waals surface area contributed by atoms with E-state index in [4.69, 9.17) is 9.15 Å². The molecule has 0 saturated heterocycles. The standard InChI is InChI=1S/C21H13N3O9S2/c25-17(11-32-19(26)15-9-12-3-1-2-4-16(12)33-20(15)27)23-21-22-10-18(34-21)35(30,31)14-7-5-13(6-8-14)24(28)29/h1-10H,11H2,(H,22,23,25). The molecule has 4 rings (SSSR count). The van der Waals surface area contributed by atoms with Crippen LogP contribution < -0.4 is 10.9 Å². The molecule has 1 amide bonds. The number of aromatic nitrogens is 1. The summed E-state index contributed by atoms with van der Waals surface area (Å²) < 4.78 is 35.1. The lowest BCUT2D eigenvalue weighted by Gasteiger charge is -2.05. The molecule has 0 saturated carbocycles. The molecule has 0 spiro atoms. The van der Waals surface area contributed by atoms with E-state index >= 15 is 0 Å². The first-order chi connectivity index (χ1) is 16.6. The number of carbonyl (C=O) groups is 2. The Morgan fingerprint density at radius 1 is 1.14 bits per heavy atom. The lowest BCUT2D eigenvalue weighted by Crippen LogP contribution is -2.23. The van der Waals surface area contributed by atoms with Gasteiger partial charge >= 0.3 is 11.6 Å². The average Bonchev–Trinajstić information content (AvgIpc) is 3.31. The van der Waals surface area contributed by atoms with Gasteiger partial charge in [0.25, 0.3) is 11.6 Å². The summed E-state index contributed by atoms with van der Waals surface area (Å²) in [6, 6.07) is 12.1. The van der Waals surface area contributed by atoms with Gasteiger partial charge in [0, 0.05) is 17.5 Å². The van der Waals surface area contributed by atoms with Gasteiger partial charge in [-0.25, -0.2) is 23.0 Å². The molecule has 0 aliphatic carbocycles. The lowest BCUT2D eigenvalue weighted by molar-refractivity contribution is -0.384. The summed E-state index contributed by atoms with van der Waals surface area (Å²) in [5.74, 6) is -1.89. The molecule has 2 aromatic heterocycles. The van der Waals surface area contributed by atoms with Crippen LogP contribution in [0.1, 0.15) is 10.4 Å². The van der Waals surface area contributed by atoms with Gasteiger partial charge in [-0.1, -0.05) is 29.5 Å². The number of esters is 1. The minimum absolute atomic E-state index is 0.0863. The number of nitro groups is 1. The molecule has 14 heteroatoms. The summed E-state index contributed by atoms with van der Waals surface area (Å²) in [7, 11) is -4.03. The van der Waals surface area contributed by atoms with Crippen LogP contribution in [-0.4, -0.2) is 36.8 Å². The second kappa shape index (κ2) is 9.44. The third-order valence-corrected chi connectivity index (χ3v) is 7.69. The number of ether oxygens (including phenoxy) is 1. The number of nitrogens with one attached hydrogen (secondary N) is 1. The normalized spacial score (nSPS) is 11.2. The molecule has 2 heterocycles. The van der Waals surface area contributed by atoms with Gasteiger partial charge in [0.2, 0.25) is 9.84 Å². The largest absolute Gasteiger partial charge is 0.452 e. The molecular formula is C21H13N3O9S2. The van der Waals surface area contributed by atoms with E-state index < -0.39 is 38.9 Å². The van der Waals surface area contributed by atoms with E-state index in [-0.39, 0.29) is 31.1 Å². The minimum Gasteiger partial charge on any atom is -0.452 e. The zero-order chi connectivity index (χ0) is 25.2. The van der Waals surface area contributed by atoms with Crippen molar-refractivity contribution in [3.8, 4) is 0 Å². The van der Waals surface area contributed by atoms with Crippen LogP contribution in [0.2, 0.25) is 0 Å². The van der Waals surface area contributed by atoms with Crippen molar-refractivity contribution in [2.24, 2.45) is 0 Å². The molecule has 0 aliphatic heterocycles. The van der Waals surface area contributed by atoms with E-state index in [0.717, 1.165) is 30.5 Å². The van der Waals surface area contributed by atoms with E-state index in [1.807, 2.05) is 0 Å². The molecule has 35 heavy (non-hydrogen) atoms. The van der Waals surface area contributed by atoms with Gasteiger partial charge < -0.3 is 9.15 Å². The SMILES string of the molecule is O=C(COC(=O)c1cc2ccccc2oc1=O)Nc1ncc(S(=O)(=O)c2ccc([N+](=O)[O-])cc2)s1. The highest BCUT2D eigenvalue weighted by Crippen LogP contribution is 2.29. The third-order valence-electron chi connectivity index (χ3n) is 4.55. The van der Waals surface area contributed by atoms with E-state index in [0.29, 0.717) is 16.7 Å². The van der Waals surface area contributed by atoms with Gasteiger partial charge in [0.15, 0.2) is 11.7 Å². The number of non-ortho nitro benzene ring substituents is 1. The number of hydrogen-bond donors (Lipinski definition) is 1. The maximum Gasteiger partial charge on any atom is 0.351 e. The topological polar surface area (TPSA) is 176 Å². The van der Waals surface area contributed by atoms with Crippen LogP contribution in [0.3, 0.4) is 0 Å². The maximum absolute atomic E-state index is 12.7. The van der Waals surface area contributed by atoms with E-state index in [1.165, 1.54) is 6.07 Å². The Labute approximate surface area is 199 Å². The number of nitro benzene ring substituents is 1. The fourth-order valence-corrected chi connectivity index (χ4v) is 5.32. The number of hydrogen-bond acceptors (Lipinski definition) is 11. The fourth-order valence-electron chi connectivity index (χ4n) is 2.87. The van der Waals surface area contributed by atoms with Crippen molar-refractivity contribution >= 4 is 54.8 Å². The number of benzene rings is 2. The van der Waals surface area contributed by atoms with Crippen LogP contribution in [0, 0.1) is 10.1 Å². The first-order valence-electron chi connectivity index (χ1n) is 9.60. The highest BCUT2D eigenvalue weighted by molar-refractivity contribution is 7.93. The summed E-state index contributed by atoms with van der Waals surface area (Å²) in [4.78, 5) is 50.1.